The van der Waals surface area contributed by atoms with Crippen molar-refractivity contribution in [1.29, 1.82) is 0 Å². The van der Waals surface area contributed by atoms with Crippen molar-refractivity contribution in [2.45, 2.75) is 96.5 Å². The van der Waals surface area contributed by atoms with E-state index in [2.05, 4.69) is 39.1 Å². The Hall–Kier alpha value is -0.970. The number of hydrogen-bond donors (Lipinski definition) is 2. The van der Waals surface area contributed by atoms with Gasteiger partial charge in [-0.25, -0.2) is 0 Å². The molecule has 4 fully saturated rings. The van der Waals surface area contributed by atoms with Gasteiger partial charge in [-0.1, -0.05) is 32.4 Å². The number of fused-ring (bicyclic) bond motifs is 6. The van der Waals surface area contributed by atoms with Gasteiger partial charge in [0.15, 0.2) is 5.78 Å². The lowest BCUT2D eigenvalue weighted by Crippen LogP contribution is -2.49. The molecule has 4 heteroatoms. The fourth-order valence-electron chi connectivity index (χ4n) is 8.93. The maximum Gasteiger partial charge on any atom is 0.163 e. The molecule has 170 valence electrons. The number of ketones is 1. The van der Waals surface area contributed by atoms with E-state index in [9.17, 15) is 9.90 Å². The van der Waals surface area contributed by atoms with E-state index in [0.29, 0.717) is 35.5 Å². The maximum absolute atomic E-state index is 14.1. The van der Waals surface area contributed by atoms with E-state index >= 15 is 0 Å². The second-order valence-electron chi connectivity index (χ2n) is 12.1. The van der Waals surface area contributed by atoms with Crippen LogP contribution in [-0.4, -0.2) is 41.3 Å². The Morgan fingerprint density at radius 1 is 1.23 bits per heavy atom. The van der Waals surface area contributed by atoms with Gasteiger partial charge in [0, 0.05) is 23.5 Å². The molecule has 1 spiro atoms. The summed E-state index contributed by atoms with van der Waals surface area (Å²) < 4.78 is 6.93. The lowest BCUT2D eigenvalue weighted by atomic mass is 9.56. The summed E-state index contributed by atoms with van der Waals surface area (Å²) in [5.41, 5.74) is 3.43. The van der Waals surface area contributed by atoms with E-state index in [1.807, 2.05) is 0 Å². The van der Waals surface area contributed by atoms with E-state index in [0.717, 1.165) is 57.1 Å². The third kappa shape index (κ3) is 2.62. The minimum atomic E-state index is -0.263. The Morgan fingerprint density at radius 2 is 2.03 bits per heavy atom. The highest BCUT2D eigenvalue weighted by Gasteiger charge is 2.63. The van der Waals surface area contributed by atoms with Gasteiger partial charge in [-0.15, -0.1) is 0 Å². The van der Waals surface area contributed by atoms with Crippen molar-refractivity contribution in [2.24, 2.45) is 35.0 Å². The molecule has 0 amide bonds. The first kappa shape index (κ1) is 20.6. The molecular weight excluding hydrogens is 386 g/mol. The monoisotopic (exact) mass is 425 g/mol. The number of aliphatic hydroxyl groups excluding tert-OH is 1. The van der Waals surface area contributed by atoms with Crippen molar-refractivity contribution in [3.63, 3.8) is 0 Å². The van der Waals surface area contributed by atoms with Crippen molar-refractivity contribution >= 4 is 5.78 Å². The first-order valence-corrected chi connectivity index (χ1v) is 12.8. The molecule has 0 aromatic rings. The summed E-state index contributed by atoms with van der Waals surface area (Å²) in [4.78, 5) is 14.1. The minimum absolute atomic E-state index is 0.0653. The summed E-state index contributed by atoms with van der Waals surface area (Å²) in [6, 6.07) is 0.410. The molecule has 6 aliphatic rings. The van der Waals surface area contributed by atoms with Crippen LogP contribution in [0.15, 0.2) is 22.8 Å². The Kier molecular flexibility index (Phi) is 4.51. The van der Waals surface area contributed by atoms with Gasteiger partial charge in [0.1, 0.15) is 0 Å². The normalized spacial score (nSPS) is 53.7. The van der Waals surface area contributed by atoms with Crippen LogP contribution < -0.4 is 5.32 Å². The first-order valence-electron chi connectivity index (χ1n) is 12.8. The second kappa shape index (κ2) is 6.77. The molecule has 2 aliphatic heterocycles. The molecule has 2 heterocycles. The smallest absolute Gasteiger partial charge is 0.163 e. The number of Topliss-reactive ketones (excluding diaryl/α,β-unsaturated/α-hetero) is 1. The number of nitrogens with one attached hydrogen (secondary N) is 1. The van der Waals surface area contributed by atoms with E-state index in [1.54, 1.807) is 0 Å². The average molecular weight is 426 g/mol. The third-order valence-corrected chi connectivity index (χ3v) is 10.6. The van der Waals surface area contributed by atoms with Crippen molar-refractivity contribution in [1.82, 2.24) is 5.32 Å². The van der Waals surface area contributed by atoms with Crippen LogP contribution >= 0.6 is 0 Å². The lowest BCUT2D eigenvalue weighted by molar-refractivity contribution is -0.123. The van der Waals surface area contributed by atoms with Gasteiger partial charge in [-0.2, -0.15) is 0 Å². The highest BCUT2D eigenvalue weighted by Crippen LogP contribution is 2.63. The summed E-state index contributed by atoms with van der Waals surface area (Å²) in [5, 5.41) is 14.0. The summed E-state index contributed by atoms with van der Waals surface area (Å²) in [5.74, 6) is 2.41. The summed E-state index contributed by atoms with van der Waals surface area (Å²) >= 11 is 0. The SMILES string of the molecule is CC1=C2C(=O)[C@@H]3[C@H](CC=C4C[C@H](O)CC[C@@]43C)[C@@H]2CC[C@]12O[C@@H]1C[C@H](C)CN[C@@H]1[C@H]2C. The average Bonchev–Trinajstić information content (AvgIpc) is 3.18. The molecule has 0 aromatic heterocycles. The number of allylic oxidation sites excluding steroid dienone is 2. The number of rotatable bonds is 0. The molecule has 2 saturated carbocycles. The number of ether oxygens (including phenoxy) is 1. The zero-order chi connectivity index (χ0) is 21.7. The maximum atomic E-state index is 14.1. The first-order chi connectivity index (χ1) is 14.8. The van der Waals surface area contributed by atoms with E-state index in [1.165, 1.54) is 11.1 Å². The topological polar surface area (TPSA) is 58.6 Å². The largest absolute Gasteiger partial charge is 0.393 e. The molecule has 10 atom stereocenters. The van der Waals surface area contributed by atoms with Crippen LogP contribution in [-0.2, 0) is 9.53 Å². The second-order valence-corrected chi connectivity index (χ2v) is 12.1. The highest BCUT2D eigenvalue weighted by atomic mass is 16.5. The fraction of sp³-hybridized carbons (Fsp3) is 0.815. The molecule has 2 N–H and O–H groups in total. The van der Waals surface area contributed by atoms with E-state index in [-0.39, 0.29) is 29.1 Å². The third-order valence-electron chi connectivity index (χ3n) is 10.6. The van der Waals surface area contributed by atoms with Gasteiger partial charge in [0.05, 0.1) is 17.8 Å². The quantitative estimate of drug-likeness (QED) is 0.572. The van der Waals surface area contributed by atoms with Crippen LogP contribution in [0.1, 0.15) is 72.6 Å². The molecular formula is C27H39NO3. The van der Waals surface area contributed by atoms with Crippen molar-refractivity contribution in [3.05, 3.63) is 22.8 Å². The molecule has 6 rings (SSSR count). The minimum Gasteiger partial charge on any atom is -0.393 e. The Labute approximate surface area is 186 Å². The predicted molar refractivity (Wildman–Crippen MR) is 120 cm³/mol. The van der Waals surface area contributed by atoms with Crippen molar-refractivity contribution in [3.8, 4) is 0 Å². The highest BCUT2D eigenvalue weighted by molar-refractivity contribution is 6.02. The van der Waals surface area contributed by atoms with Gasteiger partial charge in [-0.3, -0.25) is 4.79 Å². The number of piperidine rings is 1. The molecule has 4 aliphatic carbocycles. The van der Waals surface area contributed by atoms with Crippen LogP contribution in [0.5, 0.6) is 0 Å². The van der Waals surface area contributed by atoms with Gasteiger partial charge in [0.2, 0.25) is 0 Å². The van der Waals surface area contributed by atoms with Crippen LogP contribution in [0, 0.1) is 35.0 Å². The standard InChI is InChI=1S/C27H39NO3/c1-14-11-21-24(28-13-14)16(3)27(31-21)10-8-19-20-6-5-17-12-18(29)7-9-26(17,4)23(20)25(30)22(19)15(27)2/h5,14,16,18-21,23-24,28-29H,6-13H2,1-4H3/t14-,16+,18+,19-,20+,21+,23-,24+,26-,27-/m0/s1. The number of carbonyl (C=O) groups excluding carboxylic acids is 1. The summed E-state index contributed by atoms with van der Waals surface area (Å²) in [6.45, 7) is 10.3. The predicted octanol–water partition coefficient (Wildman–Crippen LogP) is 4.18. The van der Waals surface area contributed by atoms with E-state index in [4.69, 9.17) is 4.74 Å². The molecule has 31 heavy (non-hydrogen) atoms. The van der Waals surface area contributed by atoms with Crippen molar-refractivity contribution < 1.29 is 14.6 Å². The van der Waals surface area contributed by atoms with Gasteiger partial charge >= 0.3 is 0 Å². The molecule has 0 unspecified atom stereocenters. The molecule has 0 radical (unpaired) electrons. The van der Waals surface area contributed by atoms with E-state index < -0.39 is 0 Å². The van der Waals surface area contributed by atoms with Gasteiger partial charge in [-0.05, 0) is 87.2 Å². The molecule has 4 nitrogen and oxygen atoms in total. The van der Waals surface area contributed by atoms with Gasteiger partial charge in [0.25, 0.3) is 0 Å². The van der Waals surface area contributed by atoms with Crippen molar-refractivity contribution in [2.75, 3.05) is 6.54 Å². The molecule has 2 saturated heterocycles. The molecule has 0 aromatic carbocycles. The Morgan fingerprint density at radius 3 is 2.84 bits per heavy atom. The zero-order valence-electron chi connectivity index (χ0n) is 19.6. The fourth-order valence-corrected chi connectivity index (χ4v) is 8.93. The lowest BCUT2D eigenvalue weighted by Gasteiger charge is -2.48. The number of hydrogen-bond acceptors (Lipinski definition) is 4. The summed E-state index contributed by atoms with van der Waals surface area (Å²) in [7, 11) is 0. The van der Waals surface area contributed by atoms with Crippen LogP contribution in [0.4, 0.5) is 0 Å². The van der Waals surface area contributed by atoms with Crippen LogP contribution in [0.25, 0.3) is 0 Å². The zero-order valence-corrected chi connectivity index (χ0v) is 19.6. The van der Waals surface area contributed by atoms with Crippen LogP contribution in [0.3, 0.4) is 0 Å². The van der Waals surface area contributed by atoms with Gasteiger partial charge < -0.3 is 15.2 Å². The number of carbonyl (C=O) groups is 1. The Balaban J connectivity index is 1.39. The number of aliphatic hydroxyl groups is 1. The summed E-state index contributed by atoms with van der Waals surface area (Å²) in [6.07, 6.45) is 9.23. The Bertz CT molecular complexity index is 876. The molecule has 0 bridgehead atoms. The van der Waals surface area contributed by atoms with Crippen LogP contribution in [0.2, 0.25) is 0 Å².